The van der Waals surface area contributed by atoms with Crippen molar-refractivity contribution in [1.82, 2.24) is 10.7 Å². The molecule has 1 aromatic rings. The number of anilines is 1. The zero-order chi connectivity index (χ0) is 17.4. The Balaban J connectivity index is 1.83. The van der Waals surface area contributed by atoms with Gasteiger partial charge in [-0.3, -0.25) is 5.43 Å². The lowest BCUT2D eigenvalue weighted by Crippen LogP contribution is -2.37. The first kappa shape index (κ1) is 18.5. The molecule has 6 nitrogen and oxygen atoms in total. The minimum absolute atomic E-state index is 0.197. The fourth-order valence-corrected chi connectivity index (χ4v) is 2.77. The van der Waals surface area contributed by atoms with Crippen LogP contribution in [0.25, 0.3) is 0 Å². The van der Waals surface area contributed by atoms with Gasteiger partial charge in [-0.15, -0.1) is 0 Å². The van der Waals surface area contributed by atoms with E-state index in [4.69, 9.17) is 17.0 Å². The Labute approximate surface area is 148 Å². The Morgan fingerprint density at radius 1 is 1.46 bits per heavy atom. The molecule has 1 saturated heterocycles. The summed E-state index contributed by atoms with van der Waals surface area (Å²) in [6.45, 7) is 7.48. The van der Waals surface area contributed by atoms with Gasteiger partial charge in [0, 0.05) is 43.6 Å². The first-order chi connectivity index (χ1) is 11.6. The smallest absolute Gasteiger partial charge is 0.187 e. The Bertz CT molecular complexity index is 570. The molecule has 1 fully saturated rings. The molecule has 24 heavy (non-hydrogen) atoms. The molecule has 1 heterocycles. The third-order valence-corrected chi connectivity index (χ3v) is 4.26. The zero-order valence-electron chi connectivity index (χ0n) is 14.3. The average molecular weight is 350 g/mol. The van der Waals surface area contributed by atoms with Crippen molar-refractivity contribution in [2.75, 3.05) is 31.1 Å². The fraction of sp³-hybridized carbons (Fsp3) is 0.529. The quantitative estimate of drug-likeness (QED) is 0.398. The molecule has 1 aromatic carbocycles. The SMILES string of the molecule is CCN(CC)c1ccc(/C=N/NC(=S)NC[C@@H]2CCCO2)c(O)c1. The maximum Gasteiger partial charge on any atom is 0.187 e. The van der Waals surface area contributed by atoms with Gasteiger partial charge in [-0.05, 0) is 51.0 Å². The number of rotatable bonds is 7. The van der Waals surface area contributed by atoms with Crippen LogP contribution in [-0.2, 0) is 4.74 Å². The predicted molar refractivity (Wildman–Crippen MR) is 102 cm³/mol. The highest BCUT2D eigenvalue weighted by atomic mass is 32.1. The second-order valence-electron chi connectivity index (χ2n) is 5.63. The highest BCUT2D eigenvalue weighted by Gasteiger charge is 2.15. The van der Waals surface area contributed by atoms with E-state index in [0.29, 0.717) is 17.2 Å². The van der Waals surface area contributed by atoms with E-state index in [1.165, 1.54) is 0 Å². The zero-order valence-corrected chi connectivity index (χ0v) is 15.1. The maximum absolute atomic E-state index is 10.1. The van der Waals surface area contributed by atoms with Gasteiger partial charge < -0.3 is 20.1 Å². The molecule has 0 aromatic heterocycles. The molecule has 0 unspecified atom stereocenters. The van der Waals surface area contributed by atoms with Crippen LogP contribution in [-0.4, -0.2) is 48.8 Å². The van der Waals surface area contributed by atoms with Crippen LogP contribution in [0.5, 0.6) is 5.75 Å². The van der Waals surface area contributed by atoms with E-state index in [1.807, 2.05) is 12.1 Å². The average Bonchev–Trinajstić information content (AvgIpc) is 3.09. The molecule has 7 heteroatoms. The summed E-state index contributed by atoms with van der Waals surface area (Å²) in [4.78, 5) is 2.17. The molecular weight excluding hydrogens is 324 g/mol. The standard InChI is InChI=1S/C17H26N4O2S/c1-3-21(4-2)14-8-7-13(16(22)10-14)11-19-20-17(24)18-12-15-6-5-9-23-15/h7-8,10-11,15,22H,3-6,9,12H2,1-2H3,(H2,18,20,24)/b19-11+/t15-/m0/s1. The summed E-state index contributed by atoms with van der Waals surface area (Å²) < 4.78 is 5.52. The van der Waals surface area contributed by atoms with Gasteiger partial charge in [-0.2, -0.15) is 5.10 Å². The van der Waals surface area contributed by atoms with Crippen molar-refractivity contribution in [2.24, 2.45) is 5.10 Å². The number of benzene rings is 1. The van der Waals surface area contributed by atoms with Crippen LogP contribution in [0.2, 0.25) is 0 Å². The molecule has 1 atom stereocenters. The molecule has 1 aliphatic rings. The van der Waals surface area contributed by atoms with Crippen LogP contribution in [0, 0.1) is 0 Å². The second-order valence-corrected chi connectivity index (χ2v) is 6.04. The first-order valence-electron chi connectivity index (χ1n) is 8.40. The van der Waals surface area contributed by atoms with Crippen LogP contribution >= 0.6 is 12.2 Å². The number of hydrazone groups is 1. The third kappa shape index (κ3) is 5.35. The summed E-state index contributed by atoms with van der Waals surface area (Å²) in [6.07, 6.45) is 3.95. The van der Waals surface area contributed by atoms with E-state index in [0.717, 1.165) is 38.2 Å². The van der Waals surface area contributed by atoms with Crippen molar-refractivity contribution in [3.63, 3.8) is 0 Å². The first-order valence-corrected chi connectivity index (χ1v) is 8.81. The number of thiocarbonyl (C=S) groups is 1. The Morgan fingerprint density at radius 3 is 2.88 bits per heavy atom. The van der Waals surface area contributed by atoms with Gasteiger partial charge in [-0.1, -0.05) is 0 Å². The maximum atomic E-state index is 10.1. The van der Waals surface area contributed by atoms with Crippen molar-refractivity contribution in [3.8, 4) is 5.75 Å². The van der Waals surface area contributed by atoms with E-state index in [-0.39, 0.29) is 11.9 Å². The molecule has 2 rings (SSSR count). The van der Waals surface area contributed by atoms with E-state index in [9.17, 15) is 5.11 Å². The van der Waals surface area contributed by atoms with Crippen molar-refractivity contribution >= 4 is 29.2 Å². The molecule has 132 valence electrons. The molecule has 3 N–H and O–H groups in total. The van der Waals surface area contributed by atoms with Gasteiger partial charge in [0.05, 0.1) is 12.3 Å². The van der Waals surface area contributed by atoms with Crippen molar-refractivity contribution in [1.29, 1.82) is 0 Å². The molecule has 0 amide bonds. The minimum Gasteiger partial charge on any atom is -0.507 e. The summed E-state index contributed by atoms with van der Waals surface area (Å²) >= 11 is 5.16. The fourth-order valence-electron chi connectivity index (χ4n) is 2.64. The van der Waals surface area contributed by atoms with Crippen molar-refractivity contribution in [3.05, 3.63) is 23.8 Å². The molecule has 0 radical (unpaired) electrons. The number of nitrogens with one attached hydrogen (secondary N) is 2. The largest absolute Gasteiger partial charge is 0.507 e. The van der Waals surface area contributed by atoms with Crippen LogP contribution in [0.15, 0.2) is 23.3 Å². The van der Waals surface area contributed by atoms with E-state index in [1.54, 1.807) is 12.3 Å². The van der Waals surface area contributed by atoms with Gasteiger partial charge in [0.2, 0.25) is 0 Å². The molecule has 0 saturated carbocycles. The molecule has 0 aliphatic carbocycles. The lowest BCUT2D eigenvalue weighted by molar-refractivity contribution is 0.114. The Morgan fingerprint density at radius 2 is 2.25 bits per heavy atom. The van der Waals surface area contributed by atoms with Gasteiger partial charge in [-0.25, -0.2) is 0 Å². The van der Waals surface area contributed by atoms with Gasteiger partial charge in [0.15, 0.2) is 5.11 Å². The van der Waals surface area contributed by atoms with Crippen LogP contribution in [0.1, 0.15) is 32.3 Å². The number of ether oxygens (including phenoxy) is 1. The summed E-state index contributed by atoms with van der Waals surface area (Å²) in [5.41, 5.74) is 4.39. The highest BCUT2D eigenvalue weighted by Crippen LogP contribution is 2.23. The number of hydrogen-bond acceptors (Lipinski definition) is 5. The summed E-state index contributed by atoms with van der Waals surface area (Å²) in [7, 11) is 0. The molecule has 1 aliphatic heterocycles. The Kier molecular flexibility index (Phi) is 7.27. The van der Waals surface area contributed by atoms with Crippen molar-refractivity contribution < 1.29 is 9.84 Å². The Hall–Kier alpha value is -1.86. The summed E-state index contributed by atoms with van der Waals surface area (Å²) in [5, 5.41) is 17.7. The monoisotopic (exact) mass is 350 g/mol. The number of phenols is 1. The summed E-state index contributed by atoms with van der Waals surface area (Å²) in [6, 6.07) is 5.57. The van der Waals surface area contributed by atoms with Crippen LogP contribution in [0.3, 0.4) is 0 Å². The predicted octanol–water partition coefficient (Wildman–Crippen LogP) is 2.22. The lowest BCUT2D eigenvalue weighted by atomic mass is 10.2. The number of phenolic OH excluding ortho intramolecular Hbond substituents is 1. The van der Waals surface area contributed by atoms with E-state index < -0.39 is 0 Å². The van der Waals surface area contributed by atoms with Gasteiger partial charge >= 0.3 is 0 Å². The molecular formula is C17H26N4O2S. The topological polar surface area (TPSA) is 69.1 Å². The third-order valence-electron chi connectivity index (χ3n) is 4.03. The number of hydrogen-bond donors (Lipinski definition) is 3. The highest BCUT2D eigenvalue weighted by molar-refractivity contribution is 7.80. The molecule has 0 bridgehead atoms. The summed E-state index contributed by atoms with van der Waals surface area (Å²) in [5.74, 6) is 0.197. The number of aromatic hydroxyl groups is 1. The van der Waals surface area contributed by atoms with Crippen LogP contribution in [0.4, 0.5) is 5.69 Å². The van der Waals surface area contributed by atoms with Gasteiger partial charge in [0.1, 0.15) is 5.75 Å². The van der Waals surface area contributed by atoms with Crippen LogP contribution < -0.4 is 15.6 Å². The lowest BCUT2D eigenvalue weighted by Gasteiger charge is -2.21. The number of nitrogens with zero attached hydrogens (tertiary/aromatic N) is 2. The normalized spacial score (nSPS) is 17.2. The second kappa shape index (κ2) is 9.44. The van der Waals surface area contributed by atoms with E-state index in [2.05, 4.69) is 34.6 Å². The molecule has 0 spiro atoms. The minimum atomic E-state index is 0.197. The van der Waals surface area contributed by atoms with E-state index >= 15 is 0 Å². The van der Waals surface area contributed by atoms with Crippen molar-refractivity contribution in [2.45, 2.75) is 32.8 Å². The van der Waals surface area contributed by atoms with Gasteiger partial charge in [0.25, 0.3) is 0 Å².